The lowest BCUT2D eigenvalue weighted by atomic mass is 9.84. The average molecular weight is 260 g/mol. The molecular formula is C15H20N2O2. The number of aryl methyl sites for hydroxylation is 1. The molecule has 19 heavy (non-hydrogen) atoms. The fourth-order valence-corrected chi connectivity index (χ4v) is 1.81. The number of nitriles is 1. The number of rotatable bonds is 4. The van der Waals surface area contributed by atoms with Crippen molar-refractivity contribution in [1.29, 1.82) is 5.26 Å². The second-order valence-electron chi connectivity index (χ2n) is 5.82. The first-order valence-corrected chi connectivity index (χ1v) is 6.23. The molecule has 4 nitrogen and oxygen atoms in total. The number of aliphatic carboxylic acids is 1. The molecule has 2 N–H and O–H groups in total. The SMILES string of the molecule is Cc1ccc(NC(CC(=O)O)C(C)(C)C)c(C#N)c1. The Morgan fingerprint density at radius 2 is 2.11 bits per heavy atom. The first kappa shape index (κ1) is 15.0. The maximum Gasteiger partial charge on any atom is 0.305 e. The number of carbonyl (C=O) groups is 1. The van der Waals surface area contributed by atoms with Crippen molar-refractivity contribution >= 4 is 11.7 Å². The third-order valence-corrected chi connectivity index (χ3v) is 3.05. The summed E-state index contributed by atoms with van der Waals surface area (Å²) in [5.74, 6) is -0.849. The number of benzene rings is 1. The lowest BCUT2D eigenvalue weighted by molar-refractivity contribution is -0.137. The molecule has 0 aromatic heterocycles. The van der Waals surface area contributed by atoms with Crippen molar-refractivity contribution in [3.8, 4) is 6.07 Å². The maximum absolute atomic E-state index is 11.0. The molecule has 0 heterocycles. The second kappa shape index (κ2) is 5.75. The van der Waals surface area contributed by atoms with Gasteiger partial charge in [0.2, 0.25) is 0 Å². The molecule has 0 aliphatic rings. The predicted octanol–water partition coefficient (Wildman–Crippen LogP) is 3.17. The van der Waals surface area contributed by atoms with Crippen LogP contribution in [0.5, 0.6) is 0 Å². The highest BCUT2D eigenvalue weighted by Crippen LogP contribution is 2.27. The molecule has 1 aromatic rings. The number of nitrogens with zero attached hydrogens (tertiary/aromatic N) is 1. The largest absolute Gasteiger partial charge is 0.481 e. The Kier molecular flexibility index (Phi) is 4.55. The summed E-state index contributed by atoms with van der Waals surface area (Å²) in [6.07, 6.45) is 0.0161. The van der Waals surface area contributed by atoms with Crippen molar-refractivity contribution in [2.24, 2.45) is 5.41 Å². The molecule has 0 saturated carbocycles. The Morgan fingerprint density at radius 1 is 1.47 bits per heavy atom. The first-order chi connectivity index (χ1) is 8.74. The van der Waals surface area contributed by atoms with Crippen molar-refractivity contribution in [3.05, 3.63) is 29.3 Å². The van der Waals surface area contributed by atoms with E-state index in [0.717, 1.165) is 5.56 Å². The fourth-order valence-electron chi connectivity index (χ4n) is 1.81. The van der Waals surface area contributed by atoms with Crippen molar-refractivity contribution in [2.45, 2.75) is 40.2 Å². The van der Waals surface area contributed by atoms with Gasteiger partial charge in [-0.1, -0.05) is 26.8 Å². The molecule has 102 valence electrons. The second-order valence-corrected chi connectivity index (χ2v) is 5.82. The lowest BCUT2D eigenvalue weighted by Crippen LogP contribution is -2.36. The zero-order valence-corrected chi connectivity index (χ0v) is 11.8. The summed E-state index contributed by atoms with van der Waals surface area (Å²) in [7, 11) is 0. The summed E-state index contributed by atoms with van der Waals surface area (Å²) in [4.78, 5) is 11.0. The molecule has 0 amide bonds. The van der Waals surface area contributed by atoms with E-state index in [2.05, 4.69) is 11.4 Å². The third-order valence-electron chi connectivity index (χ3n) is 3.05. The van der Waals surface area contributed by atoms with Crippen LogP contribution in [0.1, 0.15) is 38.3 Å². The van der Waals surface area contributed by atoms with Crippen LogP contribution in [0.25, 0.3) is 0 Å². The van der Waals surface area contributed by atoms with Gasteiger partial charge in [0.1, 0.15) is 6.07 Å². The molecule has 0 radical (unpaired) electrons. The first-order valence-electron chi connectivity index (χ1n) is 6.23. The van der Waals surface area contributed by atoms with Gasteiger partial charge in [0.05, 0.1) is 17.7 Å². The van der Waals surface area contributed by atoms with E-state index >= 15 is 0 Å². The molecule has 0 bridgehead atoms. The summed E-state index contributed by atoms with van der Waals surface area (Å²) >= 11 is 0. The van der Waals surface area contributed by atoms with Gasteiger partial charge in [0, 0.05) is 6.04 Å². The zero-order valence-electron chi connectivity index (χ0n) is 11.8. The number of hydrogen-bond donors (Lipinski definition) is 2. The highest BCUT2D eigenvalue weighted by atomic mass is 16.4. The molecule has 1 atom stereocenters. The zero-order chi connectivity index (χ0) is 14.6. The minimum atomic E-state index is -0.849. The topological polar surface area (TPSA) is 73.1 Å². The Hall–Kier alpha value is -2.02. The van der Waals surface area contributed by atoms with Gasteiger partial charge in [0.25, 0.3) is 0 Å². The van der Waals surface area contributed by atoms with Crippen LogP contribution in [-0.2, 0) is 4.79 Å². The number of hydrogen-bond acceptors (Lipinski definition) is 3. The molecule has 0 fully saturated rings. The van der Waals surface area contributed by atoms with Crippen LogP contribution in [0, 0.1) is 23.7 Å². The van der Waals surface area contributed by atoms with E-state index in [-0.39, 0.29) is 17.9 Å². The van der Waals surface area contributed by atoms with Crippen molar-refractivity contribution in [3.63, 3.8) is 0 Å². The fraction of sp³-hybridized carbons (Fsp3) is 0.467. The van der Waals surface area contributed by atoms with Gasteiger partial charge in [-0.25, -0.2) is 0 Å². The molecule has 1 aromatic carbocycles. The quantitative estimate of drug-likeness (QED) is 0.872. The maximum atomic E-state index is 11.0. The van der Waals surface area contributed by atoms with E-state index < -0.39 is 5.97 Å². The minimum Gasteiger partial charge on any atom is -0.481 e. The highest BCUT2D eigenvalue weighted by Gasteiger charge is 2.27. The summed E-state index contributed by atoms with van der Waals surface area (Å²) < 4.78 is 0. The molecule has 0 aliphatic heterocycles. The molecule has 0 saturated heterocycles. The lowest BCUT2D eigenvalue weighted by Gasteiger charge is -2.31. The Morgan fingerprint density at radius 3 is 2.58 bits per heavy atom. The summed E-state index contributed by atoms with van der Waals surface area (Å²) in [6.45, 7) is 7.86. The normalized spacial score (nSPS) is 12.6. The van der Waals surface area contributed by atoms with Crippen molar-refractivity contribution in [2.75, 3.05) is 5.32 Å². The van der Waals surface area contributed by atoms with Gasteiger partial charge in [-0.3, -0.25) is 4.79 Å². The van der Waals surface area contributed by atoms with Crippen molar-refractivity contribution in [1.82, 2.24) is 0 Å². The summed E-state index contributed by atoms with van der Waals surface area (Å²) in [6, 6.07) is 7.43. The number of anilines is 1. The van der Waals surface area contributed by atoms with E-state index in [4.69, 9.17) is 10.4 Å². The van der Waals surface area contributed by atoms with Gasteiger partial charge < -0.3 is 10.4 Å². The third kappa shape index (κ3) is 4.29. The predicted molar refractivity (Wildman–Crippen MR) is 75.0 cm³/mol. The van der Waals surface area contributed by atoms with Crippen LogP contribution in [0.2, 0.25) is 0 Å². The van der Waals surface area contributed by atoms with E-state index in [0.29, 0.717) is 11.3 Å². The van der Waals surface area contributed by atoms with E-state index in [9.17, 15) is 4.79 Å². The minimum absolute atomic E-state index is 0.0161. The van der Waals surface area contributed by atoms with Crippen LogP contribution in [0.3, 0.4) is 0 Å². The van der Waals surface area contributed by atoms with Crippen LogP contribution >= 0.6 is 0 Å². The number of carboxylic acid groups (broad SMARTS) is 1. The van der Waals surface area contributed by atoms with Crippen molar-refractivity contribution < 1.29 is 9.90 Å². The average Bonchev–Trinajstić information content (AvgIpc) is 2.28. The molecule has 1 unspecified atom stereocenters. The molecule has 1 rings (SSSR count). The summed E-state index contributed by atoms with van der Waals surface area (Å²) in [5, 5.41) is 21.3. The Bertz CT molecular complexity index is 510. The standard InChI is InChI=1S/C15H20N2O2/c1-10-5-6-12(11(7-10)9-16)17-13(8-14(18)19)15(2,3)4/h5-7,13,17H,8H2,1-4H3,(H,18,19). The van der Waals surface area contributed by atoms with Crippen LogP contribution < -0.4 is 5.32 Å². The molecule has 0 spiro atoms. The van der Waals surface area contributed by atoms with Crippen LogP contribution in [0.4, 0.5) is 5.69 Å². The van der Waals surface area contributed by atoms with Gasteiger partial charge in [-0.2, -0.15) is 5.26 Å². The number of nitrogens with one attached hydrogen (secondary N) is 1. The van der Waals surface area contributed by atoms with Gasteiger partial charge in [-0.15, -0.1) is 0 Å². The molecular weight excluding hydrogens is 240 g/mol. The number of carboxylic acids is 1. The smallest absolute Gasteiger partial charge is 0.305 e. The summed E-state index contributed by atoms with van der Waals surface area (Å²) in [5.41, 5.74) is 2.03. The molecule has 0 aliphatic carbocycles. The highest BCUT2D eigenvalue weighted by molar-refractivity contribution is 5.69. The Balaban J connectivity index is 3.03. The van der Waals surface area contributed by atoms with Gasteiger partial charge in [0.15, 0.2) is 0 Å². The Labute approximate surface area is 114 Å². The van der Waals surface area contributed by atoms with E-state index in [1.807, 2.05) is 39.8 Å². The van der Waals surface area contributed by atoms with Crippen LogP contribution in [-0.4, -0.2) is 17.1 Å². The van der Waals surface area contributed by atoms with E-state index in [1.165, 1.54) is 0 Å². The van der Waals surface area contributed by atoms with Crippen LogP contribution in [0.15, 0.2) is 18.2 Å². The van der Waals surface area contributed by atoms with E-state index in [1.54, 1.807) is 6.07 Å². The monoisotopic (exact) mass is 260 g/mol. The van der Waals surface area contributed by atoms with Gasteiger partial charge >= 0.3 is 5.97 Å². The van der Waals surface area contributed by atoms with Gasteiger partial charge in [-0.05, 0) is 30.0 Å². The molecule has 4 heteroatoms.